The number of morpholine rings is 1. The second kappa shape index (κ2) is 11.6. The molecule has 2 heterocycles. The second-order valence-corrected chi connectivity index (χ2v) is 10.2. The summed E-state index contributed by atoms with van der Waals surface area (Å²) in [6.45, 7) is 7.24. The molecular formula is C26H32Cl2N4O3. The van der Waals surface area contributed by atoms with Crippen LogP contribution >= 0.6 is 23.2 Å². The zero-order valence-corrected chi connectivity index (χ0v) is 21.6. The lowest BCUT2D eigenvalue weighted by atomic mass is 9.89. The predicted molar refractivity (Wildman–Crippen MR) is 141 cm³/mol. The van der Waals surface area contributed by atoms with E-state index in [0.717, 1.165) is 31.6 Å². The third-order valence-electron chi connectivity index (χ3n) is 6.51. The van der Waals surface area contributed by atoms with E-state index in [-0.39, 0.29) is 24.1 Å². The van der Waals surface area contributed by atoms with Crippen LogP contribution in [0, 0.1) is 0 Å². The van der Waals surface area contributed by atoms with Gasteiger partial charge in [-0.15, -0.1) is 0 Å². The molecule has 0 radical (unpaired) electrons. The van der Waals surface area contributed by atoms with Crippen molar-refractivity contribution in [1.29, 1.82) is 0 Å². The number of halogens is 2. The maximum atomic E-state index is 12.7. The van der Waals surface area contributed by atoms with E-state index in [1.807, 2.05) is 26.0 Å². The standard InChI is InChI=1S/C26H32Cl2N4O3/c1-17-14-31(15-18(2)35-17)16-24(33)29-21-8-6-19(7-9-21)20-10-12-32(13-11-20)26(34)30-25-22(27)4-3-5-23(25)28/h3-9,17-18,20H,10-16H2,1-2H3,(H,29,33)(H,30,34). The van der Waals surface area contributed by atoms with Gasteiger partial charge in [0.2, 0.25) is 5.91 Å². The molecule has 35 heavy (non-hydrogen) atoms. The minimum Gasteiger partial charge on any atom is -0.373 e. The number of carbonyl (C=O) groups is 2. The summed E-state index contributed by atoms with van der Waals surface area (Å²) in [5.41, 5.74) is 2.45. The van der Waals surface area contributed by atoms with E-state index in [2.05, 4.69) is 27.7 Å². The fraction of sp³-hybridized carbons (Fsp3) is 0.462. The lowest BCUT2D eigenvalue weighted by molar-refractivity contribution is -0.121. The van der Waals surface area contributed by atoms with Gasteiger partial charge in [-0.1, -0.05) is 41.4 Å². The van der Waals surface area contributed by atoms with Gasteiger partial charge in [-0.3, -0.25) is 9.69 Å². The molecule has 2 N–H and O–H groups in total. The highest BCUT2D eigenvalue weighted by molar-refractivity contribution is 6.39. The summed E-state index contributed by atoms with van der Waals surface area (Å²) in [6, 6.07) is 13.0. The zero-order chi connectivity index (χ0) is 24.9. The molecule has 2 aromatic carbocycles. The van der Waals surface area contributed by atoms with Gasteiger partial charge in [0, 0.05) is 31.9 Å². The maximum Gasteiger partial charge on any atom is 0.321 e. The summed E-state index contributed by atoms with van der Waals surface area (Å²) < 4.78 is 5.73. The molecule has 2 fully saturated rings. The van der Waals surface area contributed by atoms with E-state index in [9.17, 15) is 9.59 Å². The highest BCUT2D eigenvalue weighted by Gasteiger charge is 2.26. The van der Waals surface area contributed by atoms with Crippen molar-refractivity contribution >= 4 is 46.5 Å². The number of anilines is 2. The first kappa shape index (κ1) is 25.8. The molecule has 2 aliphatic heterocycles. The van der Waals surface area contributed by atoms with Gasteiger partial charge in [0.15, 0.2) is 0 Å². The van der Waals surface area contributed by atoms with Gasteiger partial charge in [-0.2, -0.15) is 0 Å². The first-order valence-electron chi connectivity index (χ1n) is 12.1. The van der Waals surface area contributed by atoms with E-state index < -0.39 is 0 Å². The quantitative estimate of drug-likeness (QED) is 0.551. The number of hydrogen-bond donors (Lipinski definition) is 2. The molecule has 2 aliphatic rings. The van der Waals surface area contributed by atoms with Crippen LogP contribution in [-0.4, -0.2) is 66.7 Å². The minimum atomic E-state index is -0.194. The Morgan fingerprint density at radius 1 is 0.943 bits per heavy atom. The van der Waals surface area contributed by atoms with Crippen LogP contribution in [0.3, 0.4) is 0 Å². The molecule has 188 valence electrons. The van der Waals surface area contributed by atoms with Crippen LogP contribution in [0.5, 0.6) is 0 Å². The van der Waals surface area contributed by atoms with Gasteiger partial charge < -0.3 is 20.3 Å². The van der Waals surface area contributed by atoms with E-state index in [4.69, 9.17) is 27.9 Å². The van der Waals surface area contributed by atoms with Crippen molar-refractivity contribution in [3.63, 3.8) is 0 Å². The van der Waals surface area contributed by atoms with Crippen molar-refractivity contribution in [3.05, 3.63) is 58.1 Å². The molecule has 3 amide bonds. The second-order valence-electron chi connectivity index (χ2n) is 9.41. The van der Waals surface area contributed by atoms with E-state index in [0.29, 0.717) is 41.3 Å². The van der Waals surface area contributed by atoms with Crippen LogP contribution in [0.25, 0.3) is 0 Å². The van der Waals surface area contributed by atoms with Crippen LogP contribution in [0.1, 0.15) is 38.2 Å². The Morgan fingerprint density at radius 3 is 2.14 bits per heavy atom. The molecular weight excluding hydrogens is 487 g/mol. The van der Waals surface area contributed by atoms with E-state index in [1.165, 1.54) is 5.56 Å². The summed E-state index contributed by atoms with van der Waals surface area (Å²) in [5.74, 6) is 0.348. The van der Waals surface area contributed by atoms with Crippen molar-refractivity contribution in [1.82, 2.24) is 9.80 Å². The monoisotopic (exact) mass is 518 g/mol. The Labute approximate surface area is 216 Å². The third kappa shape index (κ3) is 6.88. The number of para-hydroxylation sites is 1. The summed E-state index contributed by atoms with van der Waals surface area (Å²) in [5, 5.41) is 6.67. The number of carbonyl (C=O) groups excluding carboxylic acids is 2. The van der Waals surface area contributed by atoms with Crippen molar-refractivity contribution in [2.24, 2.45) is 0 Å². The third-order valence-corrected chi connectivity index (χ3v) is 7.14. The summed E-state index contributed by atoms with van der Waals surface area (Å²) >= 11 is 12.3. The number of urea groups is 1. The normalized spacial score (nSPS) is 21.5. The zero-order valence-electron chi connectivity index (χ0n) is 20.1. The van der Waals surface area contributed by atoms with Crippen molar-refractivity contribution in [2.45, 2.75) is 44.8 Å². The number of hydrogen-bond acceptors (Lipinski definition) is 4. The molecule has 2 unspecified atom stereocenters. The van der Waals surface area contributed by atoms with E-state index in [1.54, 1.807) is 23.1 Å². The molecule has 0 spiro atoms. The first-order chi connectivity index (χ1) is 16.8. The van der Waals surface area contributed by atoms with E-state index >= 15 is 0 Å². The molecule has 2 saturated heterocycles. The van der Waals surface area contributed by atoms with Gasteiger partial charge in [0.25, 0.3) is 0 Å². The van der Waals surface area contributed by atoms with Gasteiger partial charge in [-0.25, -0.2) is 4.79 Å². The van der Waals surface area contributed by atoms with Crippen LogP contribution in [0.2, 0.25) is 10.0 Å². The Bertz CT molecular complexity index is 1010. The summed E-state index contributed by atoms with van der Waals surface area (Å²) in [7, 11) is 0. The van der Waals surface area contributed by atoms with Gasteiger partial charge >= 0.3 is 6.03 Å². The lowest BCUT2D eigenvalue weighted by Crippen LogP contribution is -2.48. The number of piperidine rings is 1. The van der Waals surface area contributed by atoms with Gasteiger partial charge in [0.05, 0.1) is 34.5 Å². The fourth-order valence-electron chi connectivity index (χ4n) is 4.87. The van der Waals surface area contributed by atoms with Crippen molar-refractivity contribution < 1.29 is 14.3 Å². The Balaban J connectivity index is 1.25. The first-order valence-corrected chi connectivity index (χ1v) is 12.8. The molecule has 2 aromatic rings. The fourth-order valence-corrected chi connectivity index (χ4v) is 5.37. The number of nitrogens with zero attached hydrogens (tertiary/aromatic N) is 2. The Hall–Kier alpha value is -2.32. The Kier molecular flexibility index (Phi) is 8.55. The maximum absolute atomic E-state index is 12.7. The SMILES string of the molecule is CC1CN(CC(=O)Nc2ccc(C3CCN(C(=O)Nc4c(Cl)cccc4Cl)CC3)cc2)CC(C)O1. The average Bonchev–Trinajstić information content (AvgIpc) is 2.81. The van der Waals surface area contributed by atoms with Crippen molar-refractivity contribution in [2.75, 3.05) is 43.4 Å². The molecule has 0 aliphatic carbocycles. The number of amides is 3. The largest absolute Gasteiger partial charge is 0.373 e. The summed E-state index contributed by atoms with van der Waals surface area (Å²) in [6.07, 6.45) is 2.00. The molecule has 4 rings (SSSR count). The van der Waals surface area contributed by atoms with Crippen LogP contribution in [0.15, 0.2) is 42.5 Å². The molecule has 0 aromatic heterocycles. The molecule has 9 heteroatoms. The number of benzene rings is 2. The Morgan fingerprint density at radius 2 is 1.54 bits per heavy atom. The van der Waals surface area contributed by atoms with Crippen molar-refractivity contribution in [3.8, 4) is 0 Å². The number of ether oxygens (including phenoxy) is 1. The average molecular weight is 519 g/mol. The number of nitrogens with one attached hydrogen (secondary N) is 2. The lowest BCUT2D eigenvalue weighted by Gasteiger charge is -2.34. The number of rotatable bonds is 5. The molecule has 7 nitrogen and oxygen atoms in total. The minimum absolute atomic E-state index is 0.0167. The summed E-state index contributed by atoms with van der Waals surface area (Å²) in [4.78, 5) is 29.1. The van der Waals surface area contributed by atoms with Gasteiger partial charge in [0.1, 0.15) is 0 Å². The van der Waals surface area contributed by atoms with Crippen LogP contribution in [-0.2, 0) is 9.53 Å². The van der Waals surface area contributed by atoms with Crippen LogP contribution < -0.4 is 10.6 Å². The molecule has 0 saturated carbocycles. The number of likely N-dealkylation sites (tertiary alicyclic amines) is 1. The smallest absolute Gasteiger partial charge is 0.321 e. The highest BCUT2D eigenvalue weighted by Crippen LogP contribution is 2.32. The van der Waals surface area contributed by atoms with Gasteiger partial charge in [-0.05, 0) is 62.4 Å². The highest BCUT2D eigenvalue weighted by atomic mass is 35.5. The molecule has 0 bridgehead atoms. The topological polar surface area (TPSA) is 73.9 Å². The van der Waals surface area contributed by atoms with Crippen LogP contribution in [0.4, 0.5) is 16.2 Å². The predicted octanol–water partition coefficient (Wildman–Crippen LogP) is 5.45. The molecule has 2 atom stereocenters.